The molecule has 0 N–H and O–H groups in total. The third-order valence-electron chi connectivity index (χ3n) is 2.93. The van der Waals surface area contributed by atoms with Crippen molar-refractivity contribution in [2.75, 3.05) is 0 Å². The van der Waals surface area contributed by atoms with Gasteiger partial charge in [-0.1, -0.05) is 42.5 Å². The molecule has 0 nitrogen and oxygen atoms in total. The van der Waals surface area contributed by atoms with Crippen molar-refractivity contribution in [1.82, 2.24) is 0 Å². The van der Waals surface area contributed by atoms with Gasteiger partial charge >= 0.3 is 6.18 Å². The van der Waals surface area contributed by atoms with E-state index in [0.29, 0.717) is 6.04 Å². The molecule has 0 bridgehead atoms. The lowest BCUT2D eigenvalue weighted by atomic mass is 10.1. The van der Waals surface area contributed by atoms with Crippen LogP contribution in [0.15, 0.2) is 42.1 Å². The maximum absolute atomic E-state index is 11.9. The lowest BCUT2D eigenvalue weighted by molar-refractivity contribution is -0.130. The average Bonchev–Trinajstić information content (AvgIpc) is 2.37. The summed E-state index contributed by atoms with van der Waals surface area (Å²) >= 11 is 0. The van der Waals surface area contributed by atoms with E-state index < -0.39 is 22.1 Å². The second kappa shape index (κ2) is 8.96. The minimum Gasteiger partial charge on any atom is -0.171 e. The Bertz CT molecular complexity index is 357. The lowest BCUT2D eigenvalue weighted by Crippen LogP contribution is -2.07. The molecular weight excluding hydrogens is 265 g/mol. The summed E-state index contributed by atoms with van der Waals surface area (Å²) in [6.07, 6.45) is 1.80. The molecule has 0 saturated heterocycles. The number of unbranched alkanes of at least 4 members (excludes halogenated alkanes) is 2. The van der Waals surface area contributed by atoms with Crippen molar-refractivity contribution in [1.29, 1.82) is 0 Å². The van der Waals surface area contributed by atoms with E-state index in [-0.39, 0.29) is 0 Å². The maximum atomic E-state index is 11.9. The van der Waals surface area contributed by atoms with Gasteiger partial charge < -0.3 is 0 Å². The van der Waals surface area contributed by atoms with Crippen molar-refractivity contribution >= 4 is 9.52 Å². The summed E-state index contributed by atoms with van der Waals surface area (Å²) in [5, 5.41) is 0. The van der Waals surface area contributed by atoms with Crippen molar-refractivity contribution in [3.8, 4) is 0 Å². The van der Waals surface area contributed by atoms with E-state index in [4.69, 9.17) is 0 Å². The number of hydrogen-bond acceptors (Lipinski definition) is 0. The van der Waals surface area contributed by atoms with Crippen LogP contribution in [0.4, 0.5) is 13.2 Å². The maximum Gasteiger partial charge on any atom is 0.388 e. The molecule has 0 aliphatic heterocycles. The monoisotopic (exact) mass is 286 g/mol. The Hall–Kier alpha value is -1.03. The third kappa shape index (κ3) is 9.53. The number of rotatable bonds is 8. The Morgan fingerprint density at radius 3 is 2.47 bits per heavy atom. The molecule has 0 heterocycles. The van der Waals surface area contributed by atoms with E-state index in [9.17, 15) is 13.2 Å². The highest BCUT2D eigenvalue weighted by Gasteiger charge is 2.25. The zero-order valence-corrected chi connectivity index (χ0v) is 12.5. The Balaban J connectivity index is 1.96. The highest BCUT2D eigenvalue weighted by atomic mass is 28.2. The molecule has 0 unspecified atom stereocenters. The molecule has 0 aliphatic rings. The summed E-state index contributed by atoms with van der Waals surface area (Å²) in [7, 11) is -0.654. The minimum atomic E-state index is -3.98. The molecule has 4 heteroatoms. The summed E-state index contributed by atoms with van der Waals surface area (Å²) in [6, 6.07) is 10.7. The van der Waals surface area contributed by atoms with Crippen molar-refractivity contribution in [2.45, 2.75) is 44.3 Å². The molecule has 1 rings (SSSR count). The number of aryl methyl sites for hydroxylation is 1. The highest BCUT2D eigenvalue weighted by Crippen LogP contribution is 2.21. The number of alkyl halides is 3. The first-order valence-electron chi connectivity index (χ1n) is 6.83. The first kappa shape index (κ1) is 16.0. The van der Waals surface area contributed by atoms with E-state index in [1.165, 1.54) is 5.56 Å². The fourth-order valence-corrected chi connectivity index (χ4v) is 3.20. The summed E-state index contributed by atoms with van der Waals surface area (Å²) in [4.78, 5) is 0. The molecule has 0 spiro atoms. The van der Waals surface area contributed by atoms with Crippen molar-refractivity contribution in [3.05, 3.63) is 47.7 Å². The molecule has 0 amide bonds. The van der Waals surface area contributed by atoms with Gasteiger partial charge in [-0.15, -0.1) is 5.70 Å². The van der Waals surface area contributed by atoms with Gasteiger partial charge in [0.15, 0.2) is 0 Å². The molecule has 0 saturated carbocycles. The van der Waals surface area contributed by atoms with Gasteiger partial charge in [-0.05, 0) is 31.2 Å². The van der Waals surface area contributed by atoms with Crippen LogP contribution < -0.4 is 0 Å². The fraction of sp³-hybridized carbons (Fsp3) is 0.467. The number of allylic oxidation sites excluding steroid dienone is 1. The Kier molecular flexibility index (Phi) is 7.56. The van der Waals surface area contributed by atoms with E-state index in [2.05, 4.69) is 18.2 Å². The highest BCUT2D eigenvalue weighted by molar-refractivity contribution is 6.41. The van der Waals surface area contributed by atoms with Crippen LogP contribution in [-0.2, 0) is 6.42 Å². The van der Waals surface area contributed by atoms with Crippen molar-refractivity contribution < 1.29 is 13.2 Å². The molecule has 0 aromatic heterocycles. The van der Waals surface area contributed by atoms with Gasteiger partial charge in [0.1, 0.15) is 0 Å². The predicted molar refractivity (Wildman–Crippen MR) is 77.2 cm³/mol. The minimum absolute atomic E-state index is 0.337. The average molecular weight is 286 g/mol. The molecular formula is C15H21F3Si. The molecule has 0 fully saturated rings. The SMILES string of the molecule is FC(F)(F)CC[SiH2]C=CCCCCc1ccccc1. The first-order chi connectivity index (χ1) is 9.08. The number of halogens is 3. The first-order valence-corrected chi connectivity index (χ1v) is 8.65. The molecule has 106 valence electrons. The molecule has 1 aromatic rings. The predicted octanol–water partition coefficient (Wildman–Crippen LogP) is 4.45. The fourth-order valence-electron chi connectivity index (χ4n) is 1.89. The van der Waals surface area contributed by atoms with Crippen LogP contribution in [0.5, 0.6) is 0 Å². The van der Waals surface area contributed by atoms with E-state index in [0.717, 1.165) is 25.7 Å². The van der Waals surface area contributed by atoms with Crippen LogP contribution in [0.2, 0.25) is 6.04 Å². The Morgan fingerprint density at radius 2 is 1.79 bits per heavy atom. The van der Waals surface area contributed by atoms with Crippen molar-refractivity contribution in [3.63, 3.8) is 0 Å². The van der Waals surface area contributed by atoms with Gasteiger partial charge in [-0.25, -0.2) is 0 Å². The van der Waals surface area contributed by atoms with Gasteiger partial charge in [0.25, 0.3) is 0 Å². The number of benzene rings is 1. The lowest BCUT2D eigenvalue weighted by Gasteiger charge is -2.02. The van der Waals surface area contributed by atoms with E-state index in [1.807, 2.05) is 23.9 Å². The zero-order chi connectivity index (χ0) is 14.0. The topological polar surface area (TPSA) is 0 Å². The van der Waals surface area contributed by atoms with Gasteiger partial charge in [-0.2, -0.15) is 13.2 Å². The summed E-state index contributed by atoms with van der Waals surface area (Å²) < 4.78 is 35.7. The van der Waals surface area contributed by atoms with Gasteiger partial charge in [0.05, 0.1) is 0 Å². The van der Waals surface area contributed by atoms with Crippen LogP contribution >= 0.6 is 0 Å². The standard InChI is InChI=1S/C15H21F3Si/c16-15(17,18)11-13-19-12-7-2-1-4-8-14-9-5-3-6-10-14/h3,5-7,9-10,12H,1-2,4,8,11,13,19H2. The van der Waals surface area contributed by atoms with Gasteiger partial charge in [0, 0.05) is 15.9 Å². The normalized spacial score (nSPS) is 12.8. The smallest absolute Gasteiger partial charge is 0.171 e. The van der Waals surface area contributed by atoms with Crippen LogP contribution in [-0.4, -0.2) is 15.7 Å². The van der Waals surface area contributed by atoms with Crippen LogP contribution in [0.1, 0.15) is 31.2 Å². The van der Waals surface area contributed by atoms with Crippen LogP contribution in [0.25, 0.3) is 0 Å². The Labute approximate surface area is 115 Å². The van der Waals surface area contributed by atoms with E-state index in [1.54, 1.807) is 0 Å². The number of hydrogen-bond donors (Lipinski definition) is 0. The van der Waals surface area contributed by atoms with Crippen LogP contribution in [0.3, 0.4) is 0 Å². The van der Waals surface area contributed by atoms with E-state index >= 15 is 0 Å². The Morgan fingerprint density at radius 1 is 1.05 bits per heavy atom. The second-order valence-corrected chi connectivity index (χ2v) is 6.47. The largest absolute Gasteiger partial charge is 0.388 e. The summed E-state index contributed by atoms with van der Waals surface area (Å²) in [5.74, 6) is 0. The molecule has 1 aromatic carbocycles. The molecule has 0 atom stereocenters. The zero-order valence-electron chi connectivity index (χ0n) is 11.1. The van der Waals surface area contributed by atoms with Crippen LogP contribution in [0, 0.1) is 0 Å². The van der Waals surface area contributed by atoms with Gasteiger partial charge in [-0.3, -0.25) is 0 Å². The molecule has 19 heavy (non-hydrogen) atoms. The third-order valence-corrected chi connectivity index (χ3v) is 4.36. The van der Waals surface area contributed by atoms with Crippen molar-refractivity contribution in [2.24, 2.45) is 0 Å². The quantitative estimate of drug-likeness (QED) is 0.489. The second-order valence-electron chi connectivity index (χ2n) is 4.71. The van der Waals surface area contributed by atoms with Gasteiger partial charge in [0.2, 0.25) is 0 Å². The summed E-state index contributed by atoms with van der Waals surface area (Å²) in [6.45, 7) is 0. The molecule has 0 aliphatic carbocycles. The summed E-state index contributed by atoms with van der Waals surface area (Å²) in [5.41, 5.74) is 3.36. The molecule has 0 radical (unpaired) electrons.